The van der Waals surface area contributed by atoms with Gasteiger partial charge in [-0.2, -0.15) is 5.26 Å². The van der Waals surface area contributed by atoms with Crippen LogP contribution in [0, 0.1) is 22.7 Å². The zero-order valence-electron chi connectivity index (χ0n) is 14.8. The highest BCUT2D eigenvalue weighted by molar-refractivity contribution is 7.94. The van der Waals surface area contributed by atoms with E-state index in [1.165, 1.54) is 12.1 Å². The van der Waals surface area contributed by atoms with E-state index in [2.05, 4.69) is 6.07 Å². The number of benzene rings is 1. The van der Waals surface area contributed by atoms with Crippen molar-refractivity contribution in [3.8, 4) is 6.07 Å². The van der Waals surface area contributed by atoms with Gasteiger partial charge in [0.15, 0.2) is 0 Å². The number of anilines is 1. The van der Waals surface area contributed by atoms with Gasteiger partial charge in [0, 0.05) is 24.6 Å². The highest BCUT2D eigenvalue weighted by atomic mass is 32.2. The van der Waals surface area contributed by atoms with Crippen molar-refractivity contribution in [3.63, 3.8) is 0 Å². The molecule has 0 spiro atoms. The molecule has 26 heavy (non-hydrogen) atoms. The standard InChI is InChI=1S/C18H21N3O4S/c1-18(2)12-26(24,25)21(17(18)23)15-5-3-4-14(10-15)16(22)20-8-6-13(11-19)7-9-20/h3-5,10,13H,6-9,12H2,1-2H3. The van der Waals surface area contributed by atoms with Crippen LogP contribution in [0.3, 0.4) is 0 Å². The molecule has 0 unspecified atom stereocenters. The second kappa shape index (κ2) is 6.40. The number of hydrogen-bond donors (Lipinski definition) is 0. The van der Waals surface area contributed by atoms with Crippen molar-refractivity contribution in [1.29, 1.82) is 5.26 Å². The molecule has 0 aliphatic carbocycles. The maximum Gasteiger partial charge on any atom is 0.253 e. The van der Waals surface area contributed by atoms with Gasteiger partial charge in [0.2, 0.25) is 15.9 Å². The first-order valence-electron chi connectivity index (χ1n) is 8.52. The minimum Gasteiger partial charge on any atom is -0.339 e. The molecule has 2 heterocycles. The summed E-state index contributed by atoms with van der Waals surface area (Å²) in [7, 11) is -3.75. The van der Waals surface area contributed by atoms with Crippen LogP contribution in [0.15, 0.2) is 24.3 Å². The molecule has 0 bridgehead atoms. The summed E-state index contributed by atoms with van der Waals surface area (Å²) in [5.74, 6) is -0.984. The Bertz CT molecular complexity index is 893. The van der Waals surface area contributed by atoms with Gasteiger partial charge in [0.25, 0.3) is 5.91 Å². The summed E-state index contributed by atoms with van der Waals surface area (Å²) < 4.78 is 25.6. The average molecular weight is 375 g/mol. The summed E-state index contributed by atoms with van der Waals surface area (Å²) in [5, 5.41) is 8.96. The smallest absolute Gasteiger partial charge is 0.253 e. The molecule has 2 aliphatic heterocycles. The Morgan fingerprint density at radius 1 is 1.27 bits per heavy atom. The van der Waals surface area contributed by atoms with Crippen LogP contribution < -0.4 is 4.31 Å². The van der Waals surface area contributed by atoms with E-state index in [1.807, 2.05) is 0 Å². The van der Waals surface area contributed by atoms with Gasteiger partial charge in [-0.15, -0.1) is 0 Å². The molecule has 0 aromatic heterocycles. The first-order valence-corrected chi connectivity index (χ1v) is 10.1. The first kappa shape index (κ1) is 18.4. The quantitative estimate of drug-likeness (QED) is 0.784. The molecular formula is C18H21N3O4S. The minimum absolute atomic E-state index is 0.0278. The van der Waals surface area contributed by atoms with Crippen LogP contribution >= 0.6 is 0 Å². The fourth-order valence-electron chi connectivity index (χ4n) is 3.42. The topological polar surface area (TPSA) is 98.6 Å². The van der Waals surface area contributed by atoms with Crippen molar-refractivity contribution in [2.24, 2.45) is 11.3 Å². The summed E-state index contributed by atoms with van der Waals surface area (Å²) in [6.07, 6.45) is 1.27. The molecule has 0 atom stereocenters. The molecule has 2 amide bonds. The zero-order valence-corrected chi connectivity index (χ0v) is 15.6. The number of carbonyl (C=O) groups is 2. The third-order valence-electron chi connectivity index (χ3n) is 4.88. The largest absolute Gasteiger partial charge is 0.339 e. The van der Waals surface area contributed by atoms with Crippen molar-refractivity contribution >= 4 is 27.5 Å². The Balaban J connectivity index is 1.87. The summed E-state index contributed by atoms with van der Waals surface area (Å²) >= 11 is 0. The van der Waals surface area contributed by atoms with Gasteiger partial charge in [-0.05, 0) is 44.9 Å². The summed E-state index contributed by atoms with van der Waals surface area (Å²) in [6, 6.07) is 8.39. The normalized spacial score (nSPS) is 22.3. The van der Waals surface area contributed by atoms with Gasteiger partial charge in [-0.25, -0.2) is 12.7 Å². The number of hydrogen-bond acceptors (Lipinski definition) is 5. The lowest BCUT2D eigenvalue weighted by molar-refractivity contribution is -0.123. The summed E-state index contributed by atoms with van der Waals surface area (Å²) in [4.78, 5) is 26.9. The number of sulfonamides is 1. The number of nitriles is 1. The molecule has 2 fully saturated rings. The van der Waals surface area contributed by atoms with Gasteiger partial charge in [0.05, 0.1) is 22.9 Å². The van der Waals surface area contributed by atoms with Crippen molar-refractivity contribution in [3.05, 3.63) is 29.8 Å². The Kier molecular flexibility index (Phi) is 4.53. The monoisotopic (exact) mass is 375 g/mol. The molecule has 2 aliphatic rings. The maximum atomic E-state index is 12.7. The van der Waals surface area contributed by atoms with E-state index in [1.54, 1.807) is 30.9 Å². The summed E-state index contributed by atoms with van der Waals surface area (Å²) in [5.41, 5.74) is -0.457. The third-order valence-corrected chi connectivity index (χ3v) is 6.90. The van der Waals surface area contributed by atoms with E-state index < -0.39 is 21.3 Å². The van der Waals surface area contributed by atoms with Crippen LogP contribution in [0.1, 0.15) is 37.0 Å². The molecular weight excluding hydrogens is 354 g/mol. The number of amides is 2. The zero-order chi connectivity index (χ0) is 19.1. The third kappa shape index (κ3) is 3.19. The van der Waals surface area contributed by atoms with E-state index in [9.17, 15) is 18.0 Å². The highest BCUT2D eigenvalue weighted by Crippen LogP contribution is 2.36. The lowest BCUT2D eigenvalue weighted by Crippen LogP contribution is -2.38. The van der Waals surface area contributed by atoms with Crippen LogP contribution in [0.5, 0.6) is 0 Å². The second-order valence-corrected chi connectivity index (χ2v) is 9.27. The Morgan fingerprint density at radius 2 is 1.92 bits per heavy atom. The van der Waals surface area contributed by atoms with E-state index >= 15 is 0 Å². The highest BCUT2D eigenvalue weighted by Gasteiger charge is 2.50. The van der Waals surface area contributed by atoms with Gasteiger partial charge in [-0.1, -0.05) is 6.07 Å². The van der Waals surface area contributed by atoms with Crippen LogP contribution in [-0.4, -0.2) is 44.0 Å². The predicted molar refractivity (Wildman–Crippen MR) is 95.7 cm³/mol. The van der Waals surface area contributed by atoms with Gasteiger partial charge in [-0.3, -0.25) is 9.59 Å². The van der Waals surface area contributed by atoms with E-state index in [0.717, 1.165) is 4.31 Å². The fraction of sp³-hybridized carbons (Fsp3) is 0.500. The Hall–Kier alpha value is -2.40. The van der Waals surface area contributed by atoms with Crippen molar-refractivity contribution < 1.29 is 18.0 Å². The molecule has 3 rings (SSSR count). The molecule has 0 N–H and O–H groups in total. The Morgan fingerprint density at radius 3 is 2.46 bits per heavy atom. The molecule has 8 heteroatoms. The molecule has 2 saturated heterocycles. The second-order valence-electron chi connectivity index (χ2n) is 7.46. The number of piperidine rings is 1. The summed E-state index contributed by atoms with van der Waals surface area (Å²) in [6.45, 7) is 4.19. The Labute approximate surface area is 153 Å². The van der Waals surface area contributed by atoms with Crippen LogP contribution in [0.2, 0.25) is 0 Å². The molecule has 138 valence electrons. The average Bonchev–Trinajstić information content (AvgIpc) is 2.77. The van der Waals surface area contributed by atoms with E-state index in [0.29, 0.717) is 31.5 Å². The molecule has 0 saturated carbocycles. The molecule has 7 nitrogen and oxygen atoms in total. The van der Waals surface area contributed by atoms with E-state index in [4.69, 9.17) is 5.26 Å². The van der Waals surface area contributed by atoms with Crippen molar-refractivity contribution in [2.75, 3.05) is 23.1 Å². The SMILES string of the molecule is CC1(C)CS(=O)(=O)N(c2cccc(C(=O)N3CCC(C#N)CC3)c2)C1=O. The molecule has 1 aromatic rings. The van der Waals surface area contributed by atoms with Gasteiger partial charge >= 0.3 is 0 Å². The number of nitrogens with zero attached hydrogens (tertiary/aromatic N) is 3. The fourth-order valence-corrected chi connectivity index (χ4v) is 5.52. The maximum absolute atomic E-state index is 12.7. The number of rotatable bonds is 2. The van der Waals surface area contributed by atoms with Gasteiger partial charge in [0.1, 0.15) is 0 Å². The van der Waals surface area contributed by atoms with Crippen LogP contribution in [0.4, 0.5) is 5.69 Å². The first-order chi connectivity index (χ1) is 12.2. The van der Waals surface area contributed by atoms with Crippen LogP contribution in [0.25, 0.3) is 0 Å². The van der Waals surface area contributed by atoms with Crippen molar-refractivity contribution in [2.45, 2.75) is 26.7 Å². The minimum atomic E-state index is -3.75. The number of carbonyl (C=O) groups excluding carboxylic acids is 2. The van der Waals surface area contributed by atoms with Crippen LogP contribution in [-0.2, 0) is 14.8 Å². The molecule has 0 radical (unpaired) electrons. The van der Waals surface area contributed by atoms with Gasteiger partial charge < -0.3 is 4.90 Å². The van der Waals surface area contributed by atoms with Crippen molar-refractivity contribution in [1.82, 2.24) is 4.90 Å². The van der Waals surface area contributed by atoms with E-state index in [-0.39, 0.29) is 23.3 Å². The lowest BCUT2D eigenvalue weighted by atomic mass is 9.95. The lowest BCUT2D eigenvalue weighted by Gasteiger charge is -2.29. The predicted octanol–water partition coefficient (Wildman–Crippen LogP) is 1.76. The molecule has 1 aromatic carbocycles. The number of likely N-dealkylation sites (tertiary alicyclic amines) is 1.